The Morgan fingerprint density at radius 2 is 0.982 bits per heavy atom. The van der Waals surface area contributed by atoms with Gasteiger partial charge in [0.05, 0.1) is 91.8 Å². The minimum absolute atomic E-state index is 0.0477. The number of ether oxygens (including phenoxy) is 11. The number of benzene rings is 3. The van der Waals surface area contributed by atoms with Crippen LogP contribution in [0.25, 0.3) is 10.8 Å². The second-order valence-corrected chi connectivity index (χ2v) is 19.8. The molecule has 0 aromatic heterocycles. The molecular formula is C43H64O13Si. The van der Waals surface area contributed by atoms with Crippen molar-refractivity contribution in [1.29, 1.82) is 0 Å². The zero-order valence-electron chi connectivity index (χ0n) is 34.8. The SMILES string of the molecule is C[C@@H](CC(=O)OCc1cc2cc(c1)OCCOCCOCCOCCOc1cccc3c(cccc13)OCCOCCOCCOCCO2)O[Si](C)(C)C(C)(C)C. The Morgan fingerprint density at radius 3 is 1.39 bits per heavy atom. The van der Waals surface area contributed by atoms with Gasteiger partial charge < -0.3 is 56.5 Å². The predicted molar refractivity (Wildman–Crippen MR) is 219 cm³/mol. The Labute approximate surface area is 339 Å². The van der Waals surface area contributed by atoms with Crippen molar-refractivity contribution in [3.8, 4) is 23.0 Å². The lowest BCUT2D eigenvalue weighted by Crippen LogP contribution is -2.43. The number of hydrogen-bond donors (Lipinski definition) is 0. The molecule has 57 heavy (non-hydrogen) atoms. The Morgan fingerprint density at radius 1 is 0.596 bits per heavy atom. The first-order chi connectivity index (χ1) is 27.5. The maximum absolute atomic E-state index is 12.8. The molecule has 318 valence electrons. The van der Waals surface area contributed by atoms with E-state index in [1.54, 1.807) is 6.07 Å². The summed E-state index contributed by atoms with van der Waals surface area (Å²) in [5, 5.41) is 1.99. The van der Waals surface area contributed by atoms with Crippen molar-refractivity contribution in [2.24, 2.45) is 0 Å². The summed E-state index contributed by atoms with van der Waals surface area (Å²) in [5.41, 5.74) is 0.735. The van der Waals surface area contributed by atoms with E-state index < -0.39 is 8.32 Å². The minimum Gasteiger partial charge on any atom is -0.491 e. The third-order valence-corrected chi connectivity index (χ3v) is 14.0. The summed E-state index contributed by atoms with van der Waals surface area (Å²) in [6, 6.07) is 17.3. The summed E-state index contributed by atoms with van der Waals surface area (Å²) < 4.78 is 70.2. The molecule has 4 rings (SSSR count). The molecule has 0 unspecified atom stereocenters. The zero-order chi connectivity index (χ0) is 40.8. The Balaban J connectivity index is 1.25. The zero-order valence-corrected chi connectivity index (χ0v) is 35.8. The first-order valence-corrected chi connectivity index (χ1v) is 22.9. The van der Waals surface area contributed by atoms with Gasteiger partial charge in [0, 0.05) is 16.8 Å². The highest BCUT2D eigenvalue weighted by atomic mass is 28.4. The van der Waals surface area contributed by atoms with Crippen molar-refractivity contribution < 1.29 is 61.3 Å². The molecule has 0 saturated carbocycles. The quantitative estimate of drug-likeness (QED) is 0.187. The number of esters is 1. The van der Waals surface area contributed by atoms with Crippen LogP contribution in [-0.2, 0) is 49.0 Å². The van der Waals surface area contributed by atoms with Crippen molar-refractivity contribution in [1.82, 2.24) is 0 Å². The van der Waals surface area contributed by atoms with Gasteiger partial charge in [-0.3, -0.25) is 4.79 Å². The van der Waals surface area contributed by atoms with Crippen LogP contribution in [0.4, 0.5) is 0 Å². The van der Waals surface area contributed by atoms with Crippen molar-refractivity contribution in [2.75, 3.05) is 106 Å². The number of rotatable bonds is 6. The smallest absolute Gasteiger partial charge is 0.308 e. The molecular weight excluding hydrogens is 753 g/mol. The van der Waals surface area contributed by atoms with Crippen molar-refractivity contribution >= 4 is 25.1 Å². The largest absolute Gasteiger partial charge is 0.491 e. The molecule has 0 spiro atoms. The van der Waals surface area contributed by atoms with Crippen LogP contribution in [0.2, 0.25) is 18.1 Å². The van der Waals surface area contributed by atoms with Gasteiger partial charge in [0.15, 0.2) is 8.32 Å². The highest BCUT2D eigenvalue weighted by Crippen LogP contribution is 2.37. The standard InChI is InChI=1S/C43H64O13Si/c1-34(56-57(5,6)43(2,3)4)29-42(44)55-33-35-30-36-32-37(31-35)52-26-22-48-18-14-46-16-20-50-24-28-54-41-12-8-10-39-38(41)9-7-11-40(39)53-27-23-49-19-15-45-13-17-47-21-25-51-36/h7-12,30-32,34H,13-29,33H2,1-6H3/t34-/m0/s1. The molecule has 0 N–H and O–H groups in total. The van der Waals surface area contributed by atoms with Crippen LogP contribution in [0.3, 0.4) is 0 Å². The molecule has 6 bridgehead atoms. The van der Waals surface area contributed by atoms with Gasteiger partial charge >= 0.3 is 5.97 Å². The second kappa shape index (κ2) is 25.1. The summed E-state index contributed by atoms with van der Waals surface area (Å²) in [4.78, 5) is 12.8. The summed E-state index contributed by atoms with van der Waals surface area (Å²) in [7, 11) is -2.01. The summed E-state index contributed by atoms with van der Waals surface area (Å²) in [5.74, 6) is 2.36. The fraction of sp³-hybridized carbons (Fsp3) is 0.605. The van der Waals surface area contributed by atoms with Crippen molar-refractivity contribution in [3.63, 3.8) is 0 Å². The Bertz CT molecular complexity index is 1510. The monoisotopic (exact) mass is 816 g/mol. The van der Waals surface area contributed by atoms with Gasteiger partial charge in [-0.1, -0.05) is 45.0 Å². The van der Waals surface area contributed by atoms with Gasteiger partial charge in [-0.25, -0.2) is 0 Å². The average Bonchev–Trinajstić information content (AvgIpc) is 3.16. The van der Waals surface area contributed by atoms with E-state index in [4.69, 9.17) is 56.5 Å². The fourth-order valence-electron chi connectivity index (χ4n) is 5.51. The highest BCUT2D eigenvalue weighted by molar-refractivity contribution is 6.74. The third-order valence-electron chi connectivity index (χ3n) is 9.39. The maximum Gasteiger partial charge on any atom is 0.308 e. The van der Waals surface area contributed by atoms with Crippen LogP contribution < -0.4 is 18.9 Å². The molecule has 3 aromatic carbocycles. The van der Waals surface area contributed by atoms with Crippen molar-refractivity contribution in [2.45, 2.75) is 65.0 Å². The molecule has 13 nitrogen and oxygen atoms in total. The third kappa shape index (κ3) is 17.5. The predicted octanol–water partition coefficient (Wildman–Crippen LogP) is 7.01. The van der Waals surface area contributed by atoms with E-state index in [-0.39, 0.29) is 30.1 Å². The minimum atomic E-state index is -2.01. The van der Waals surface area contributed by atoms with Gasteiger partial charge in [-0.05, 0) is 54.9 Å². The molecule has 3 aromatic rings. The molecule has 1 heterocycles. The number of carbonyl (C=O) groups excluding carboxylic acids is 1. The van der Waals surface area contributed by atoms with E-state index in [0.717, 1.165) is 27.8 Å². The van der Waals surface area contributed by atoms with Crippen LogP contribution in [0, 0.1) is 0 Å². The Hall–Kier alpha value is -3.47. The molecule has 1 aliphatic heterocycles. The van der Waals surface area contributed by atoms with E-state index in [1.807, 2.05) is 55.5 Å². The van der Waals surface area contributed by atoms with E-state index in [0.29, 0.717) is 117 Å². The van der Waals surface area contributed by atoms with Gasteiger partial charge in [-0.2, -0.15) is 0 Å². The topological polar surface area (TPSA) is 128 Å². The van der Waals surface area contributed by atoms with Crippen LogP contribution in [0.5, 0.6) is 23.0 Å². The molecule has 1 aliphatic rings. The first kappa shape index (κ1) is 46.2. The lowest BCUT2D eigenvalue weighted by molar-refractivity contribution is -0.146. The Kier molecular flexibility index (Phi) is 20.4. The van der Waals surface area contributed by atoms with Gasteiger partial charge in [0.25, 0.3) is 0 Å². The van der Waals surface area contributed by atoms with E-state index in [2.05, 4.69) is 33.9 Å². The lowest BCUT2D eigenvalue weighted by Gasteiger charge is -2.38. The fourth-order valence-corrected chi connectivity index (χ4v) is 6.95. The highest BCUT2D eigenvalue weighted by Gasteiger charge is 2.38. The molecule has 14 heteroatoms. The number of carbonyl (C=O) groups is 1. The first-order valence-electron chi connectivity index (χ1n) is 20.0. The van der Waals surface area contributed by atoms with Crippen LogP contribution in [-0.4, -0.2) is 126 Å². The lowest BCUT2D eigenvalue weighted by atomic mass is 10.1. The van der Waals surface area contributed by atoms with Crippen LogP contribution in [0.1, 0.15) is 39.7 Å². The molecule has 0 fully saturated rings. The average molecular weight is 817 g/mol. The van der Waals surface area contributed by atoms with Crippen molar-refractivity contribution in [3.05, 3.63) is 60.2 Å². The normalized spacial score (nSPS) is 17.9. The maximum atomic E-state index is 12.8. The summed E-state index contributed by atoms with van der Waals surface area (Å²) >= 11 is 0. The van der Waals surface area contributed by atoms with Gasteiger partial charge in [0.1, 0.15) is 56.0 Å². The number of fused-ring (bicyclic) bond motifs is 2. The van der Waals surface area contributed by atoms with Gasteiger partial charge in [-0.15, -0.1) is 0 Å². The second-order valence-electron chi connectivity index (χ2n) is 15.0. The number of hydrogen-bond acceptors (Lipinski definition) is 13. The molecule has 1 atom stereocenters. The van der Waals surface area contributed by atoms with Gasteiger partial charge in [0.2, 0.25) is 0 Å². The van der Waals surface area contributed by atoms with Crippen LogP contribution in [0.15, 0.2) is 54.6 Å². The molecule has 0 aliphatic carbocycles. The summed E-state index contributed by atoms with van der Waals surface area (Å²) in [6.07, 6.45) is -0.0706. The van der Waals surface area contributed by atoms with Crippen LogP contribution >= 0.6 is 0 Å². The molecule has 0 radical (unpaired) electrons. The van der Waals surface area contributed by atoms with E-state index in [1.165, 1.54) is 0 Å². The summed E-state index contributed by atoms with van der Waals surface area (Å²) in [6.45, 7) is 19.4. The van der Waals surface area contributed by atoms with E-state index in [9.17, 15) is 4.79 Å². The molecule has 0 saturated heterocycles. The molecule has 0 amide bonds. The van der Waals surface area contributed by atoms with E-state index >= 15 is 0 Å².